The average Bonchev–Trinajstić information content (AvgIpc) is 2.83. The van der Waals surface area contributed by atoms with Gasteiger partial charge in [-0.2, -0.15) is 4.98 Å². The maximum atomic E-state index is 13.1. The molecule has 2 heterocycles. The van der Waals surface area contributed by atoms with Crippen molar-refractivity contribution in [1.82, 2.24) is 9.97 Å². The van der Waals surface area contributed by atoms with Crippen LogP contribution in [0.4, 0.5) is 23.1 Å². The first-order valence-corrected chi connectivity index (χ1v) is 10.3. The van der Waals surface area contributed by atoms with E-state index in [1.54, 1.807) is 42.5 Å². The van der Waals surface area contributed by atoms with Crippen molar-refractivity contribution < 1.29 is 23.8 Å². The number of fused-ring (bicyclic) bond motifs is 1. The number of methoxy groups -OCH3 is 3. The molecule has 2 aromatic carbocycles. The number of hydrogen-bond donors (Lipinski definition) is 4. The molecule has 1 unspecified atom stereocenters. The Hall–Kier alpha value is -4.54. The number of ether oxygens (including phenoxy) is 3. The van der Waals surface area contributed by atoms with Gasteiger partial charge in [-0.3, -0.25) is 19.4 Å². The van der Waals surface area contributed by atoms with Gasteiger partial charge in [-0.1, -0.05) is 12.1 Å². The second-order valence-corrected chi connectivity index (χ2v) is 7.36. The number of carbonyl (C=O) groups is 2. The Labute approximate surface area is 194 Å². The Morgan fingerprint density at radius 2 is 1.76 bits per heavy atom. The topological polar surface area (TPSA) is 144 Å². The highest BCUT2D eigenvalue weighted by molar-refractivity contribution is 6.05. The Bertz CT molecular complexity index is 1310. The summed E-state index contributed by atoms with van der Waals surface area (Å²) in [6, 6.07) is 12.0. The van der Waals surface area contributed by atoms with Gasteiger partial charge in [0.25, 0.3) is 5.56 Å². The smallest absolute Gasteiger partial charge is 0.258 e. The Balaban J connectivity index is 1.64. The van der Waals surface area contributed by atoms with E-state index in [1.807, 2.05) is 0 Å². The van der Waals surface area contributed by atoms with Crippen LogP contribution in [-0.4, -0.2) is 43.1 Å². The number of hydrogen-bond acceptors (Lipinski definition) is 8. The SMILES string of the molecule is COc1ccc(NC(=O)C2CC(=O)Nc3nc(Nc4ccccc4OC)[nH]c(=O)c32)c(OC)c1. The van der Waals surface area contributed by atoms with E-state index in [9.17, 15) is 14.4 Å². The van der Waals surface area contributed by atoms with Crippen molar-refractivity contribution in [3.63, 3.8) is 0 Å². The molecule has 2 amide bonds. The van der Waals surface area contributed by atoms with E-state index in [4.69, 9.17) is 14.2 Å². The number of benzene rings is 2. The molecule has 34 heavy (non-hydrogen) atoms. The lowest BCUT2D eigenvalue weighted by atomic mass is 9.92. The van der Waals surface area contributed by atoms with Gasteiger partial charge < -0.3 is 30.2 Å². The largest absolute Gasteiger partial charge is 0.497 e. The Morgan fingerprint density at radius 3 is 2.50 bits per heavy atom. The fourth-order valence-corrected chi connectivity index (χ4v) is 3.65. The number of H-pyrrole nitrogens is 1. The molecule has 11 nitrogen and oxygen atoms in total. The third kappa shape index (κ3) is 4.49. The zero-order chi connectivity index (χ0) is 24.2. The summed E-state index contributed by atoms with van der Waals surface area (Å²) >= 11 is 0. The van der Waals surface area contributed by atoms with Crippen LogP contribution in [-0.2, 0) is 9.59 Å². The van der Waals surface area contributed by atoms with Crippen LogP contribution in [0, 0.1) is 0 Å². The van der Waals surface area contributed by atoms with Gasteiger partial charge in [0.05, 0.1) is 44.2 Å². The number of para-hydroxylation sites is 2. The summed E-state index contributed by atoms with van der Waals surface area (Å²) in [5, 5.41) is 8.27. The quantitative estimate of drug-likeness (QED) is 0.417. The third-order valence-electron chi connectivity index (χ3n) is 5.29. The summed E-state index contributed by atoms with van der Waals surface area (Å²) in [6.45, 7) is 0. The van der Waals surface area contributed by atoms with Gasteiger partial charge in [0.2, 0.25) is 17.8 Å². The molecule has 0 bridgehead atoms. The number of aromatic amines is 1. The van der Waals surface area contributed by atoms with E-state index in [1.165, 1.54) is 21.3 Å². The molecule has 176 valence electrons. The first-order valence-electron chi connectivity index (χ1n) is 10.3. The van der Waals surface area contributed by atoms with Crippen LogP contribution < -0.4 is 35.7 Å². The van der Waals surface area contributed by atoms with Gasteiger partial charge in [-0.05, 0) is 24.3 Å². The Morgan fingerprint density at radius 1 is 1.00 bits per heavy atom. The molecule has 0 spiro atoms. The fourth-order valence-electron chi connectivity index (χ4n) is 3.65. The molecule has 3 aromatic rings. The van der Waals surface area contributed by atoms with E-state index in [0.29, 0.717) is 28.6 Å². The maximum Gasteiger partial charge on any atom is 0.258 e. The van der Waals surface area contributed by atoms with Gasteiger partial charge in [0, 0.05) is 12.5 Å². The van der Waals surface area contributed by atoms with Crippen LogP contribution in [0.2, 0.25) is 0 Å². The minimum Gasteiger partial charge on any atom is -0.497 e. The number of nitrogens with one attached hydrogen (secondary N) is 4. The van der Waals surface area contributed by atoms with Crippen molar-refractivity contribution in [2.75, 3.05) is 37.3 Å². The predicted octanol–water partition coefficient (Wildman–Crippen LogP) is 2.60. The van der Waals surface area contributed by atoms with Crippen molar-refractivity contribution >= 4 is 35.0 Å². The van der Waals surface area contributed by atoms with Crippen LogP contribution in [0.1, 0.15) is 17.9 Å². The number of anilines is 4. The maximum absolute atomic E-state index is 13.1. The summed E-state index contributed by atoms with van der Waals surface area (Å²) in [6.07, 6.45) is -0.207. The number of carbonyl (C=O) groups excluding carboxylic acids is 2. The molecule has 4 N–H and O–H groups in total. The van der Waals surface area contributed by atoms with E-state index in [-0.39, 0.29) is 23.8 Å². The molecular formula is C23H23N5O6. The normalized spacial score (nSPS) is 14.4. The lowest BCUT2D eigenvalue weighted by Crippen LogP contribution is -2.36. The minimum atomic E-state index is -1.05. The van der Waals surface area contributed by atoms with Crippen molar-refractivity contribution in [2.45, 2.75) is 12.3 Å². The van der Waals surface area contributed by atoms with Gasteiger partial charge in [0.1, 0.15) is 23.1 Å². The summed E-state index contributed by atoms with van der Waals surface area (Å²) in [5.74, 6) is -0.465. The molecule has 0 radical (unpaired) electrons. The van der Waals surface area contributed by atoms with Crippen LogP contribution in [0.3, 0.4) is 0 Å². The minimum absolute atomic E-state index is 0.0132. The lowest BCUT2D eigenvalue weighted by Gasteiger charge is -2.24. The molecule has 0 fully saturated rings. The summed E-state index contributed by atoms with van der Waals surface area (Å²) in [5.41, 5.74) is 0.454. The zero-order valence-electron chi connectivity index (χ0n) is 18.7. The highest BCUT2D eigenvalue weighted by Gasteiger charge is 2.35. The van der Waals surface area contributed by atoms with Gasteiger partial charge >= 0.3 is 0 Å². The molecule has 11 heteroatoms. The van der Waals surface area contributed by atoms with Gasteiger partial charge in [0.15, 0.2) is 0 Å². The zero-order valence-corrected chi connectivity index (χ0v) is 18.7. The van der Waals surface area contributed by atoms with Crippen molar-refractivity contribution in [1.29, 1.82) is 0 Å². The first kappa shape index (κ1) is 22.6. The standard InChI is InChI=1S/C23H23N5O6/c1-32-12-8-9-15(17(10-12)34-3)24-21(30)13-11-18(29)26-20-19(13)22(31)28-23(27-20)25-14-6-4-5-7-16(14)33-2/h4-10,13H,11H2,1-3H3,(H,24,30)(H3,25,26,27,28,29,31). The average molecular weight is 465 g/mol. The summed E-state index contributed by atoms with van der Waals surface area (Å²) in [4.78, 5) is 45.4. The molecule has 1 aromatic heterocycles. The Kier molecular flexibility index (Phi) is 6.35. The monoisotopic (exact) mass is 465 g/mol. The molecule has 0 saturated heterocycles. The van der Waals surface area contributed by atoms with E-state index >= 15 is 0 Å². The van der Waals surface area contributed by atoms with E-state index in [2.05, 4.69) is 25.9 Å². The number of rotatable bonds is 7. The van der Waals surface area contributed by atoms with Crippen LogP contribution >= 0.6 is 0 Å². The van der Waals surface area contributed by atoms with Crippen LogP contribution in [0.5, 0.6) is 17.2 Å². The van der Waals surface area contributed by atoms with Gasteiger partial charge in [-0.25, -0.2) is 0 Å². The van der Waals surface area contributed by atoms with Crippen molar-refractivity contribution in [3.05, 3.63) is 58.4 Å². The highest BCUT2D eigenvalue weighted by atomic mass is 16.5. The molecular weight excluding hydrogens is 442 g/mol. The molecule has 4 rings (SSSR count). The van der Waals surface area contributed by atoms with Crippen molar-refractivity contribution in [2.24, 2.45) is 0 Å². The van der Waals surface area contributed by atoms with Crippen LogP contribution in [0.25, 0.3) is 0 Å². The number of amides is 2. The molecule has 0 aliphatic carbocycles. The molecule has 1 atom stereocenters. The van der Waals surface area contributed by atoms with Crippen molar-refractivity contribution in [3.8, 4) is 17.2 Å². The number of nitrogens with zero attached hydrogens (tertiary/aromatic N) is 1. The summed E-state index contributed by atoms with van der Waals surface area (Å²) in [7, 11) is 4.49. The second-order valence-electron chi connectivity index (χ2n) is 7.36. The lowest BCUT2D eigenvalue weighted by molar-refractivity contribution is -0.123. The van der Waals surface area contributed by atoms with E-state index < -0.39 is 23.3 Å². The molecule has 0 saturated carbocycles. The number of aromatic nitrogens is 2. The molecule has 1 aliphatic rings. The van der Waals surface area contributed by atoms with E-state index in [0.717, 1.165) is 0 Å². The fraction of sp³-hybridized carbons (Fsp3) is 0.217. The van der Waals surface area contributed by atoms with Crippen LogP contribution in [0.15, 0.2) is 47.3 Å². The highest BCUT2D eigenvalue weighted by Crippen LogP contribution is 2.34. The first-order chi connectivity index (χ1) is 16.4. The molecule has 1 aliphatic heterocycles. The third-order valence-corrected chi connectivity index (χ3v) is 5.29. The predicted molar refractivity (Wildman–Crippen MR) is 125 cm³/mol. The van der Waals surface area contributed by atoms with Gasteiger partial charge in [-0.15, -0.1) is 0 Å². The second kappa shape index (κ2) is 9.53. The summed E-state index contributed by atoms with van der Waals surface area (Å²) < 4.78 is 15.8.